The van der Waals surface area contributed by atoms with Gasteiger partial charge in [0.05, 0.1) is 0 Å². The molecule has 0 amide bonds. The Kier molecular flexibility index (Phi) is 3.70. The van der Waals surface area contributed by atoms with Crippen LogP contribution in [0.15, 0.2) is 36.9 Å². The van der Waals surface area contributed by atoms with Crippen molar-refractivity contribution in [3.8, 4) is 0 Å². The van der Waals surface area contributed by atoms with Crippen LogP contribution in [0.4, 0.5) is 0 Å². The average molecular weight is 215 g/mol. The van der Waals surface area contributed by atoms with Crippen LogP contribution in [-0.2, 0) is 19.4 Å². The van der Waals surface area contributed by atoms with E-state index in [2.05, 4.69) is 33.7 Å². The van der Waals surface area contributed by atoms with Crippen LogP contribution in [0.25, 0.3) is 0 Å². The highest BCUT2D eigenvalue weighted by Gasteiger charge is 2.01. The third-order valence-electron chi connectivity index (χ3n) is 2.64. The van der Waals surface area contributed by atoms with Gasteiger partial charge in [0.1, 0.15) is 5.82 Å². The highest BCUT2D eigenvalue weighted by molar-refractivity contribution is 5.08. The molecule has 0 aliphatic rings. The highest BCUT2D eigenvalue weighted by Crippen LogP contribution is 2.04. The number of pyridine rings is 1. The van der Waals surface area contributed by atoms with Gasteiger partial charge < -0.3 is 4.57 Å². The van der Waals surface area contributed by atoms with Crippen LogP contribution in [0.1, 0.15) is 24.7 Å². The van der Waals surface area contributed by atoms with Gasteiger partial charge in [-0.05, 0) is 24.5 Å². The molecular weight excluding hydrogens is 198 g/mol. The van der Waals surface area contributed by atoms with Crippen molar-refractivity contribution in [3.05, 3.63) is 48.3 Å². The number of aryl methyl sites for hydroxylation is 3. The molecule has 3 nitrogen and oxygen atoms in total. The van der Waals surface area contributed by atoms with E-state index in [-0.39, 0.29) is 0 Å². The van der Waals surface area contributed by atoms with Crippen molar-refractivity contribution in [1.82, 2.24) is 14.5 Å². The van der Waals surface area contributed by atoms with Gasteiger partial charge in [-0.25, -0.2) is 4.98 Å². The summed E-state index contributed by atoms with van der Waals surface area (Å²) >= 11 is 0. The second kappa shape index (κ2) is 5.45. The van der Waals surface area contributed by atoms with Crippen LogP contribution >= 0.6 is 0 Å². The zero-order valence-corrected chi connectivity index (χ0v) is 9.63. The maximum atomic E-state index is 4.37. The molecule has 0 atom stereocenters. The summed E-state index contributed by atoms with van der Waals surface area (Å²) in [6, 6.07) is 4.10. The maximum Gasteiger partial charge on any atom is 0.108 e. The molecular formula is C13H17N3. The summed E-state index contributed by atoms with van der Waals surface area (Å²) in [5.41, 5.74) is 1.28. The van der Waals surface area contributed by atoms with E-state index in [0.29, 0.717) is 0 Å². The second-order valence-corrected chi connectivity index (χ2v) is 3.90. The van der Waals surface area contributed by atoms with Crippen molar-refractivity contribution in [3.63, 3.8) is 0 Å². The first-order valence-electron chi connectivity index (χ1n) is 5.79. The van der Waals surface area contributed by atoms with Gasteiger partial charge in [0.15, 0.2) is 0 Å². The van der Waals surface area contributed by atoms with Crippen molar-refractivity contribution in [2.75, 3.05) is 0 Å². The summed E-state index contributed by atoms with van der Waals surface area (Å²) in [6.45, 7) is 3.17. The van der Waals surface area contributed by atoms with Gasteiger partial charge in [-0.2, -0.15) is 0 Å². The number of rotatable bonds is 5. The molecule has 0 unspecified atom stereocenters. The van der Waals surface area contributed by atoms with Crippen LogP contribution in [-0.4, -0.2) is 14.5 Å². The molecule has 0 radical (unpaired) electrons. The molecule has 0 fully saturated rings. The molecule has 2 heterocycles. The Balaban J connectivity index is 1.97. The summed E-state index contributed by atoms with van der Waals surface area (Å²) in [6.07, 6.45) is 10.9. The molecule has 16 heavy (non-hydrogen) atoms. The molecule has 84 valence electrons. The molecule has 0 aromatic carbocycles. The third kappa shape index (κ3) is 2.69. The number of nitrogens with zero attached hydrogens (tertiary/aromatic N) is 3. The van der Waals surface area contributed by atoms with E-state index >= 15 is 0 Å². The molecule has 3 heteroatoms. The maximum absolute atomic E-state index is 4.37. The first-order chi connectivity index (χ1) is 7.90. The molecule has 2 aromatic rings. The molecule has 0 saturated carbocycles. The van der Waals surface area contributed by atoms with Crippen LogP contribution < -0.4 is 0 Å². The average Bonchev–Trinajstić information content (AvgIpc) is 2.76. The number of hydrogen-bond acceptors (Lipinski definition) is 2. The van der Waals surface area contributed by atoms with Crippen molar-refractivity contribution in [2.24, 2.45) is 0 Å². The van der Waals surface area contributed by atoms with E-state index < -0.39 is 0 Å². The summed E-state index contributed by atoms with van der Waals surface area (Å²) < 4.78 is 2.23. The largest absolute Gasteiger partial charge is 0.335 e. The molecule has 2 rings (SSSR count). The highest BCUT2D eigenvalue weighted by atomic mass is 15.1. The lowest BCUT2D eigenvalue weighted by Crippen LogP contribution is -2.05. The Morgan fingerprint density at radius 1 is 1.25 bits per heavy atom. The fourth-order valence-electron chi connectivity index (χ4n) is 1.79. The van der Waals surface area contributed by atoms with Gasteiger partial charge in [-0.1, -0.05) is 13.0 Å². The van der Waals surface area contributed by atoms with E-state index in [0.717, 1.165) is 25.8 Å². The third-order valence-corrected chi connectivity index (χ3v) is 2.64. The Hall–Kier alpha value is -1.64. The minimum absolute atomic E-state index is 0.987. The summed E-state index contributed by atoms with van der Waals surface area (Å²) in [5.74, 6) is 1.19. The lowest BCUT2D eigenvalue weighted by atomic mass is 10.2. The molecule has 0 bridgehead atoms. The monoisotopic (exact) mass is 215 g/mol. The molecule has 0 aliphatic carbocycles. The smallest absolute Gasteiger partial charge is 0.108 e. The van der Waals surface area contributed by atoms with Crippen molar-refractivity contribution < 1.29 is 0 Å². The fraction of sp³-hybridized carbons (Fsp3) is 0.385. The van der Waals surface area contributed by atoms with Gasteiger partial charge in [0.2, 0.25) is 0 Å². The van der Waals surface area contributed by atoms with Gasteiger partial charge in [0.25, 0.3) is 0 Å². The van der Waals surface area contributed by atoms with E-state index in [4.69, 9.17) is 0 Å². The minimum Gasteiger partial charge on any atom is -0.335 e. The summed E-state index contributed by atoms with van der Waals surface area (Å²) in [4.78, 5) is 8.48. The molecule has 2 aromatic heterocycles. The van der Waals surface area contributed by atoms with E-state index in [1.165, 1.54) is 11.4 Å². The van der Waals surface area contributed by atoms with Crippen LogP contribution in [0.3, 0.4) is 0 Å². The fourth-order valence-corrected chi connectivity index (χ4v) is 1.79. The Labute approximate surface area is 96.2 Å². The quantitative estimate of drug-likeness (QED) is 0.767. The van der Waals surface area contributed by atoms with Crippen LogP contribution in [0.2, 0.25) is 0 Å². The van der Waals surface area contributed by atoms with E-state index in [1.807, 2.05) is 24.7 Å². The molecule has 0 spiro atoms. The molecule has 0 saturated heterocycles. The zero-order valence-electron chi connectivity index (χ0n) is 9.63. The Morgan fingerprint density at radius 2 is 2.19 bits per heavy atom. The zero-order chi connectivity index (χ0) is 11.2. The van der Waals surface area contributed by atoms with Crippen molar-refractivity contribution in [2.45, 2.75) is 32.7 Å². The van der Waals surface area contributed by atoms with Gasteiger partial charge in [-0.15, -0.1) is 0 Å². The van der Waals surface area contributed by atoms with Gasteiger partial charge in [-0.3, -0.25) is 4.98 Å². The second-order valence-electron chi connectivity index (χ2n) is 3.90. The first-order valence-corrected chi connectivity index (χ1v) is 5.79. The summed E-state index contributed by atoms with van der Waals surface area (Å²) in [5, 5.41) is 0. The lowest BCUT2D eigenvalue weighted by Gasteiger charge is -2.06. The lowest BCUT2D eigenvalue weighted by molar-refractivity contribution is 0.641. The SMILES string of the molecule is CCCc1nccn1CCc1cccnc1. The van der Waals surface area contributed by atoms with Crippen LogP contribution in [0.5, 0.6) is 0 Å². The topological polar surface area (TPSA) is 30.7 Å². The van der Waals surface area contributed by atoms with Crippen LogP contribution in [0, 0.1) is 0 Å². The number of aromatic nitrogens is 3. The first kappa shape index (κ1) is 10.9. The van der Waals surface area contributed by atoms with E-state index in [9.17, 15) is 0 Å². The normalized spacial score (nSPS) is 10.6. The number of hydrogen-bond donors (Lipinski definition) is 0. The predicted molar refractivity (Wildman–Crippen MR) is 64.2 cm³/mol. The predicted octanol–water partition coefficient (Wildman–Crippen LogP) is 2.47. The molecule has 0 N–H and O–H groups in total. The van der Waals surface area contributed by atoms with E-state index in [1.54, 1.807) is 0 Å². The van der Waals surface area contributed by atoms with Crippen molar-refractivity contribution >= 4 is 0 Å². The van der Waals surface area contributed by atoms with Gasteiger partial charge >= 0.3 is 0 Å². The Morgan fingerprint density at radius 3 is 2.94 bits per heavy atom. The minimum atomic E-state index is 0.987. The molecule has 0 aliphatic heterocycles. The standard InChI is InChI=1S/C13H17N3/c1-2-4-13-15-8-10-16(13)9-6-12-5-3-7-14-11-12/h3,5,7-8,10-11H,2,4,6,9H2,1H3. The Bertz CT molecular complexity index is 420. The van der Waals surface area contributed by atoms with Crippen molar-refractivity contribution in [1.29, 1.82) is 0 Å². The summed E-state index contributed by atoms with van der Waals surface area (Å²) in [7, 11) is 0. The van der Waals surface area contributed by atoms with Gasteiger partial charge in [0, 0.05) is 37.8 Å². The number of imidazole rings is 1.